The normalized spacial score (nSPS) is 34.8. The van der Waals surface area contributed by atoms with Gasteiger partial charge in [0, 0.05) is 18.5 Å². The van der Waals surface area contributed by atoms with Gasteiger partial charge in [0.2, 0.25) is 11.8 Å². The van der Waals surface area contributed by atoms with Crippen LogP contribution in [0.2, 0.25) is 0 Å². The molecule has 2 atom stereocenters. The van der Waals surface area contributed by atoms with Crippen molar-refractivity contribution >= 4 is 17.7 Å². The molecule has 0 spiro atoms. The maximum Gasteiger partial charge on any atom is 0.252 e. The molecule has 116 valence electrons. The third-order valence-corrected chi connectivity index (χ3v) is 5.12. The minimum absolute atomic E-state index is 0.0185. The quantitative estimate of drug-likeness (QED) is 0.712. The van der Waals surface area contributed by atoms with Gasteiger partial charge in [0.1, 0.15) is 12.1 Å². The van der Waals surface area contributed by atoms with Gasteiger partial charge in [-0.3, -0.25) is 19.7 Å². The standard InChI is InChI=1S/C15H23N3O3/c1-15(2)14(21)17-12(19)8-18(15)13(20)7-9-5-10-3-4-11(6-9)16-10/h9-11,16H,3-8H2,1-2H3,(H,17,19,21). The molecule has 0 aromatic rings. The van der Waals surface area contributed by atoms with E-state index in [4.69, 9.17) is 0 Å². The zero-order valence-electron chi connectivity index (χ0n) is 12.6. The van der Waals surface area contributed by atoms with Crippen molar-refractivity contribution in [1.82, 2.24) is 15.5 Å². The fourth-order valence-electron chi connectivity index (χ4n) is 3.88. The highest BCUT2D eigenvalue weighted by Gasteiger charge is 2.44. The summed E-state index contributed by atoms with van der Waals surface area (Å²) in [7, 11) is 0. The van der Waals surface area contributed by atoms with Crippen molar-refractivity contribution in [1.29, 1.82) is 0 Å². The molecule has 21 heavy (non-hydrogen) atoms. The minimum Gasteiger partial charge on any atom is -0.319 e. The van der Waals surface area contributed by atoms with E-state index in [0.29, 0.717) is 24.4 Å². The van der Waals surface area contributed by atoms with Gasteiger partial charge in [-0.05, 0) is 45.4 Å². The fourth-order valence-corrected chi connectivity index (χ4v) is 3.88. The molecule has 6 heteroatoms. The lowest BCUT2D eigenvalue weighted by Gasteiger charge is -2.41. The van der Waals surface area contributed by atoms with Crippen molar-refractivity contribution in [3.63, 3.8) is 0 Å². The Bertz CT molecular complexity index is 477. The molecule has 3 saturated heterocycles. The van der Waals surface area contributed by atoms with Gasteiger partial charge in [0.05, 0.1) is 0 Å². The fraction of sp³-hybridized carbons (Fsp3) is 0.800. The van der Waals surface area contributed by atoms with Crippen LogP contribution in [0.4, 0.5) is 0 Å². The number of carbonyl (C=O) groups excluding carboxylic acids is 3. The number of hydrogen-bond acceptors (Lipinski definition) is 4. The third-order valence-electron chi connectivity index (χ3n) is 5.12. The average molecular weight is 293 g/mol. The van der Waals surface area contributed by atoms with E-state index in [0.717, 1.165) is 12.8 Å². The summed E-state index contributed by atoms with van der Waals surface area (Å²) >= 11 is 0. The van der Waals surface area contributed by atoms with Crippen molar-refractivity contribution in [3.8, 4) is 0 Å². The first-order valence-electron chi connectivity index (χ1n) is 7.77. The van der Waals surface area contributed by atoms with Crippen LogP contribution in [0.5, 0.6) is 0 Å². The molecule has 2 bridgehead atoms. The Morgan fingerprint density at radius 1 is 1.24 bits per heavy atom. The van der Waals surface area contributed by atoms with E-state index < -0.39 is 17.4 Å². The van der Waals surface area contributed by atoms with Crippen LogP contribution in [0.3, 0.4) is 0 Å². The predicted molar refractivity (Wildman–Crippen MR) is 76.2 cm³/mol. The highest BCUT2D eigenvalue weighted by Crippen LogP contribution is 2.33. The van der Waals surface area contributed by atoms with Crippen LogP contribution >= 0.6 is 0 Å². The van der Waals surface area contributed by atoms with Gasteiger partial charge in [-0.1, -0.05) is 0 Å². The molecule has 2 N–H and O–H groups in total. The van der Waals surface area contributed by atoms with Gasteiger partial charge in [-0.25, -0.2) is 0 Å². The van der Waals surface area contributed by atoms with E-state index in [9.17, 15) is 14.4 Å². The Labute approximate surface area is 124 Å². The zero-order chi connectivity index (χ0) is 15.2. The van der Waals surface area contributed by atoms with E-state index in [2.05, 4.69) is 10.6 Å². The number of carbonyl (C=O) groups is 3. The maximum atomic E-state index is 12.6. The zero-order valence-corrected chi connectivity index (χ0v) is 12.6. The number of amides is 3. The first kappa shape index (κ1) is 14.5. The van der Waals surface area contributed by atoms with Gasteiger partial charge < -0.3 is 10.2 Å². The summed E-state index contributed by atoms with van der Waals surface area (Å²) in [5.74, 6) is -0.489. The molecule has 2 unspecified atom stereocenters. The van der Waals surface area contributed by atoms with Crippen molar-refractivity contribution < 1.29 is 14.4 Å². The van der Waals surface area contributed by atoms with Crippen molar-refractivity contribution in [2.75, 3.05) is 6.54 Å². The number of piperazine rings is 1. The maximum absolute atomic E-state index is 12.6. The molecule has 3 aliphatic rings. The predicted octanol–water partition coefficient (Wildman–Crippen LogP) is 0.171. The van der Waals surface area contributed by atoms with Crippen LogP contribution in [0.1, 0.15) is 46.0 Å². The Morgan fingerprint density at radius 3 is 2.48 bits per heavy atom. The smallest absolute Gasteiger partial charge is 0.252 e. The molecule has 3 fully saturated rings. The second kappa shape index (κ2) is 5.09. The van der Waals surface area contributed by atoms with E-state index in [1.807, 2.05) is 0 Å². The SMILES string of the molecule is CC1(C)C(=O)NC(=O)CN1C(=O)CC1CC2CCC(C1)N2. The van der Waals surface area contributed by atoms with E-state index in [1.54, 1.807) is 13.8 Å². The first-order chi connectivity index (χ1) is 9.86. The topological polar surface area (TPSA) is 78.5 Å². The second-order valence-electron chi connectivity index (χ2n) is 7.10. The van der Waals surface area contributed by atoms with E-state index in [-0.39, 0.29) is 12.5 Å². The number of rotatable bonds is 2. The molecule has 6 nitrogen and oxygen atoms in total. The molecule has 3 rings (SSSR count). The number of nitrogens with zero attached hydrogens (tertiary/aromatic N) is 1. The van der Waals surface area contributed by atoms with Gasteiger partial charge in [-0.15, -0.1) is 0 Å². The molecule has 3 amide bonds. The molecule has 0 aromatic heterocycles. The summed E-state index contributed by atoms with van der Waals surface area (Å²) in [4.78, 5) is 37.5. The largest absolute Gasteiger partial charge is 0.319 e. The monoisotopic (exact) mass is 293 g/mol. The third kappa shape index (κ3) is 2.69. The van der Waals surface area contributed by atoms with Gasteiger partial charge in [0.25, 0.3) is 5.91 Å². The lowest BCUT2D eigenvalue weighted by atomic mass is 9.88. The highest BCUT2D eigenvalue weighted by atomic mass is 16.2. The molecule has 0 aromatic carbocycles. The summed E-state index contributed by atoms with van der Waals surface area (Å²) in [6.45, 7) is 3.37. The molecule has 3 aliphatic heterocycles. The van der Waals surface area contributed by atoms with Crippen LogP contribution < -0.4 is 10.6 Å². The minimum atomic E-state index is -0.948. The summed E-state index contributed by atoms with van der Waals surface area (Å²) in [6, 6.07) is 1.08. The van der Waals surface area contributed by atoms with Crippen molar-refractivity contribution in [2.45, 2.75) is 63.6 Å². The van der Waals surface area contributed by atoms with E-state index >= 15 is 0 Å². The highest BCUT2D eigenvalue weighted by molar-refractivity contribution is 6.06. The molecule has 0 radical (unpaired) electrons. The second-order valence-corrected chi connectivity index (χ2v) is 7.10. The Morgan fingerprint density at radius 2 is 1.86 bits per heavy atom. The number of hydrogen-bond donors (Lipinski definition) is 2. The summed E-state index contributed by atoms with van der Waals surface area (Å²) in [5, 5.41) is 5.86. The molecular formula is C15H23N3O3. The Hall–Kier alpha value is -1.43. The van der Waals surface area contributed by atoms with Gasteiger partial charge >= 0.3 is 0 Å². The number of nitrogens with one attached hydrogen (secondary N) is 2. The number of fused-ring (bicyclic) bond motifs is 2. The van der Waals surface area contributed by atoms with Crippen LogP contribution in [0, 0.1) is 5.92 Å². The molecule has 0 aliphatic carbocycles. The van der Waals surface area contributed by atoms with Crippen LogP contribution in [-0.2, 0) is 14.4 Å². The average Bonchev–Trinajstić information content (AvgIpc) is 2.73. The van der Waals surface area contributed by atoms with Crippen molar-refractivity contribution in [3.05, 3.63) is 0 Å². The van der Waals surface area contributed by atoms with Gasteiger partial charge in [-0.2, -0.15) is 0 Å². The van der Waals surface area contributed by atoms with Crippen molar-refractivity contribution in [2.24, 2.45) is 5.92 Å². The van der Waals surface area contributed by atoms with Crippen LogP contribution in [-0.4, -0.2) is 46.8 Å². The van der Waals surface area contributed by atoms with E-state index in [1.165, 1.54) is 17.7 Å². The lowest BCUT2D eigenvalue weighted by Crippen LogP contribution is -2.65. The number of imide groups is 1. The Balaban J connectivity index is 1.66. The van der Waals surface area contributed by atoms with Crippen LogP contribution in [0.15, 0.2) is 0 Å². The van der Waals surface area contributed by atoms with Gasteiger partial charge in [0.15, 0.2) is 0 Å². The Kier molecular flexibility index (Phi) is 3.51. The summed E-state index contributed by atoms with van der Waals surface area (Å²) < 4.78 is 0. The summed E-state index contributed by atoms with van der Waals surface area (Å²) in [6.07, 6.45) is 4.89. The lowest BCUT2D eigenvalue weighted by molar-refractivity contribution is -0.156. The van der Waals surface area contributed by atoms with Crippen LogP contribution in [0.25, 0.3) is 0 Å². The summed E-state index contributed by atoms with van der Waals surface area (Å²) in [5.41, 5.74) is -0.948. The molecule has 0 saturated carbocycles. The number of piperidine rings is 1. The molecule has 3 heterocycles. The molecular weight excluding hydrogens is 270 g/mol. The first-order valence-corrected chi connectivity index (χ1v) is 7.77.